The van der Waals surface area contributed by atoms with Crippen molar-refractivity contribution in [3.63, 3.8) is 0 Å². The van der Waals surface area contributed by atoms with Crippen LogP contribution in [-0.4, -0.2) is 61.3 Å². The van der Waals surface area contributed by atoms with Gasteiger partial charge in [-0.2, -0.15) is 4.98 Å². The lowest BCUT2D eigenvalue weighted by atomic mass is 10.0. The Bertz CT molecular complexity index is 772. The van der Waals surface area contributed by atoms with Gasteiger partial charge in [0.1, 0.15) is 5.82 Å². The van der Waals surface area contributed by atoms with Crippen molar-refractivity contribution in [1.82, 2.24) is 14.9 Å². The highest BCUT2D eigenvalue weighted by Gasteiger charge is 2.25. The molecule has 7 nitrogen and oxygen atoms in total. The zero-order valence-electron chi connectivity index (χ0n) is 16.3. The molecule has 0 spiro atoms. The number of hydrogen-bond acceptors (Lipinski definition) is 7. The van der Waals surface area contributed by atoms with Gasteiger partial charge >= 0.3 is 0 Å². The minimum atomic E-state index is 0.419. The maximum atomic E-state index is 6.22. The van der Waals surface area contributed by atoms with Crippen molar-refractivity contribution in [2.75, 3.05) is 45.0 Å². The third kappa shape index (κ3) is 3.49. The molecule has 0 radical (unpaired) electrons. The topological polar surface area (TPSA) is 76.7 Å². The Morgan fingerprint density at radius 1 is 1.12 bits per heavy atom. The number of piperidine rings is 1. The molecular formula is C19H29N5O2. The van der Waals surface area contributed by atoms with Gasteiger partial charge in [0, 0.05) is 43.7 Å². The standard InChI is InChI=1S/C19H29N5O2/c1-12(2)24-8-6-13(7-9-24)23(3)19-21-15-11-17(26-5)16(25-4)10-14(15)18(20)22-19/h10-13H,6-9H2,1-5H3,(H2,20,21,22). The molecule has 1 aliphatic rings. The third-order valence-electron chi connectivity index (χ3n) is 5.31. The molecule has 2 aromatic rings. The van der Waals surface area contributed by atoms with Crippen LogP contribution >= 0.6 is 0 Å². The molecule has 7 heteroatoms. The van der Waals surface area contributed by atoms with Crippen molar-refractivity contribution < 1.29 is 9.47 Å². The van der Waals surface area contributed by atoms with Crippen LogP contribution in [0.15, 0.2) is 12.1 Å². The van der Waals surface area contributed by atoms with Crippen LogP contribution in [0, 0.1) is 0 Å². The Morgan fingerprint density at radius 3 is 2.31 bits per heavy atom. The summed E-state index contributed by atoms with van der Waals surface area (Å²) in [5.41, 5.74) is 6.98. The molecule has 0 aliphatic carbocycles. The number of nitrogens with two attached hydrogens (primary N) is 1. The van der Waals surface area contributed by atoms with E-state index in [2.05, 4.69) is 35.7 Å². The monoisotopic (exact) mass is 359 g/mol. The van der Waals surface area contributed by atoms with Crippen LogP contribution in [0.1, 0.15) is 26.7 Å². The second kappa shape index (κ2) is 7.53. The lowest BCUT2D eigenvalue weighted by molar-refractivity contribution is 0.171. The van der Waals surface area contributed by atoms with Crippen LogP contribution in [0.5, 0.6) is 11.5 Å². The number of fused-ring (bicyclic) bond motifs is 1. The SMILES string of the molecule is COc1cc2nc(N(C)C3CCN(C(C)C)CC3)nc(N)c2cc1OC. The van der Waals surface area contributed by atoms with Crippen molar-refractivity contribution >= 4 is 22.7 Å². The van der Waals surface area contributed by atoms with E-state index >= 15 is 0 Å². The smallest absolute Gasteiger partial charge is 0.227 e. The minimum absolute atomic E-state index is 0.419. The molecule has 0 atom stereocenters. The third-order valence-corrected chi connectivity index (χ3v) is 5.31. The van der Waals surface area contributed by atoms with Crippen LogP contribution in [0.4, 0.5) is 11.8 Å². The molecule has 1 saturated heterocycles. The summed E-state index contributed by atoms with van der Waals surface area (Å²) in [5, 5.41) is 0.773. The number of aromatic nitrogens is 2. The molecule has 1 aliphatic heterocycles. The van der Waals surface area contributed by atoms with Crippen molar-refractivity contribution in [2.45, 2.75) is 38.8 Å². The summed E-state index contributed by atoms with van der Waals surface area (Å²) < 4.78 is 10.7. The minimum Gasteiger partial charge on any atom is -0.493 e. The first-order valence-corrected chi connectivity index (χ1v) is 9.10. The molecule has 0 unspecified atom stereocenters. The fourth-order valence-electron chi connectivity index (χ4n) is 3.58. The summed E-state index contributed by atoms with van der Waals surface area (Å²) in [5.74, 6) is 2.37. The molecule has 1 aromatic carbocycles. The lowest BCUT2D eigenvalue weighted by Gasteiger charge is -2.38. The number of anilines is 2. The van der Waals surface area contributed by atoms with Crippen molar-refractivity contribution in [3.8, 4) is 11.5 Å². The zero-order valence-corrected chi connectivity index (χ0v) is 16.3. The summed E-state index contributed by atoms with van der Waals surface area (Å²) in [6.45, 7) is 6.69. The number of ether oxygens (including phenoxy) is 2. The van der Waals surface area contributed by atoms with Gasteiger partial charge in [0.05, 0.1) is 19.7 Å². The normalized spacial score (nSPS) is 16.2. The maximum absolute atomic E-state index is 6.22. The highest BCUT2D eigenvalue weighted by Crippen LogP contribution is 2.34. The van der Waals surface area contributed by atoms with Crippen molar-refractivity contribution in [1.29, 1.82) is 0 Å². The quantitative estimate of drug-likeness (QED) is 0.879. The van der Waals surface area contributed by atoms with Crippen LogP contribution in [0.3, 0.4) is 0 Å². The van der Waals surface area contributed by atoms with E-state index in [1.54, 1.807) is 14.2 Å². The van der Waals surface area contributed by atoms with E-state index in [1.807, 2.05) is 12.1 Å². The summed E-state index contributed by atoms with van der Waals surface area (Å²) in [7, 11) is 5.27. The Balaban J connectivity index is 1.88. The predicted molar refractivity (Wildman–Crippen MR) is 105 cm³/mol. The lowest BCUT2D eigenvalue weighted by Crippen LogP contribution is -2.46. The summed E-state index contributed by atoms with van der Waals surface area (Å²) in [6, 6.07) is 4.69. The maximum Gasteiger partial charge on any atom is 0.227 e. The van der Waals surface area contributed by atoms with Crippen LogP contribution in [-0.2, 0) is 0 Å². The van der Waals surface area contributed by atoms with Crippen molar-refractivity contribution in [3.05, 3.63) is 12.1 Å². The first kappa shape index (κ1) is 18.5. The summed E-state index contributed by atoms with van der Waals surface area (Å²) in [4.78, 5) is 13.9. The van der Waals surface area contributed by atoms with E-state index < -0.39 is 0 Å². The number of hydrogen-bond donors (Lipinski definition) is 1. The number of nitrogen functional groups attached to an aromatic ring is 1. The second-order valence-corrected chi connectivity index (χ2v) is 7.10. The van der Waals surface area contributed by atoms with Gasteiger partial charge < -0.3 is 25.0 Å². The zero-order chi connectivity index (χ0) is 18.8. The molecule has 2 heterocycles. The Morgan fingerprint density at radius 2 is 1.73 bits per heavy atom. The van der Waals surface area contributed by atoms with E-state index in [-0.39, 0.29) is 0 Å². The first-order valence-electron chi connectivity index (χ1n) is 9.10. The molecular weight excluding hydrogens is 330 g/mol. The van der Waals surface area contributed by atoms with E-state index in [0.29, 0.717) is 35.3 Å². The fourth-order valence-corrected chi connectivity index (χ4v) is 3.58. The van der Waals surface area contributed by atoms with Crippen LogP contribution in [0.25, 0.3) is 10.9 Å². The van der Waals surface area contributed by atoms with Gasteiger partial charge in [-0.05, 0) is 32.8 Å². The summed E-state index contributed by atoms with van der Waals surface area (Å²) >= 11 is 0. The molecule has 1 fully saturated rings. The van der Waals surface area contributed by atoms with Crippen LogP contribution < -0.4 is 20.1 Å². The van der Waals surface area contributed by atoms with Gasteiger partial charge in [0.15, 0.2) is 11.5 Å². The predicted octanol–water partition coefficient (Wildman–Crippen LogP) is 2.54. The molecule has 142 valence electrons. The molecule has 2 N–H and O–H groups in total. The number of likely N-dealkylation sites (tertiary alicyclic amines) is 1. The van der Waals surface area contributed by atoms with Gasteiger partial charge in [-0.15, -0.1) is 0 Å². The summed E-state index contributed by atoms with van der Waals surface area (Å²) in [6.07, 6.45) is 2.20. The average molecular weight is 359 g/mol. The number of methoxy groups -OCH3 is 2. The molecule has 0 bridgehead atoms. The van der Waals surface area contributed by atoms with Crippen LogP contribution in [0.2, 0.25) is 0 Å². The highest BCUT2D eigenvalue weighted by molar-refractivity contribution is 5.91. The van der Waals surface area contributed by atoms with E-state index in [1.165, 1.54) is 0 Å². The van der Waals surface area contributed by atoms with E-state index in [0.717, 1.165) is 36.8 Å². The number of benzene rings is 1. The van der Waals surface area contributed by atoms with Gasteiger partial charge in [-0.1, -0.05) is 0 Å². The second-order valence-electron chi connectivity index (χ2n) is 7.10. The Hall–Kier alpha value is -2.28. The molecule has 0 amide bonds. The van der Waals surface area contributed by atoms with Gasteiger partial charge in [-0.3, -0.25) is 0 Å². The Kier molecular flexibility index (Phi) is 5.36. The number of nitrogens with zero attached hydrogens (tertiary/aromatic N) is 4. The average Bonchev–Trinajstić information content (AvgIpc) is 2.66. The fraction of sp³-hybridized carbons (Fsp3) is 0.579. The first-order chi connectivity index (χ1) is 12.4. The van der Waals surface area contributed by atoms with E-state index in [9.17, 15) is 0 Å². The van der Waals surface area contributed by atoms with E-state index in [4.69, 9.17) is 20.2 Å². The Labute approximate surface area is 155 Å². The largest absolute Gasteiger partial charge is 0.493 e. The molecule has 3 rings (SSSR count). The van der Waals surface area contributed by atoms with Gasteiger partial charge in [0.25, 0.3) is 0 Å². The molecule has 1 aromatic heterocycles. The van der Waals surface area contributed by atoms with Gasteiger partial charge in [0.2, 0.25) is 5.95 Å². The number of rotatable bonds is 5. The van der Waals surface area contributed by atoms with Crippen molar-refractivity contribution in [2.24, 2.45) is 0 Å². The van der Waals surface area contributed by atoms with Gasteiger partial charge in [-0.25, -0.2) is 4.98 Å². The molecule has 26 heavy (non-hydrogen) atoms. The highest BCUT2D eigenvalue weighted by atomic mass is 16.5. The molecule has 0 saturated carbocycles.